The molecule has 0 radical (unpaired) electrons. The Morgan fingerprint density at radius 3 is 2.48 bits per heavy atom. The van der Waals surface area contributed by atoms with Crippen molar-refractivity contribution in [2.24, 2.45) is 16.7 Å². The summed E-state index contributed by atoms with van der Waals surface area (Å²) in [6.45, 7) is 2.29. The van der Waals surface area contributed by atoms with Gasteiger partial charge >= 0.3 is 0 Å². The minimum atomic E-state index is 0. The van der Waals surface area contributed by atoms with Crippen molar-refractivity contribution in [1.29, 1.82) is 0 Å². The minimum Gasteiger partial charge on any atom is -0.386 e. The van der Waals surface area contributed by atoms with Crippen molar-refractivity contribution in [3.05, 3.63) is 69.7 Å². The van der Waals surface area contributed by atoms with Gasteiger partial charge in [-0.1, -0.05) is 53.5 Å². The lowest BCUT2D eigenvalue weighted by Crippen LogP contribution is -2.20. The average Bonchev–Trinajstić information content (AvgIpc) is 2.96. The van der Waals surface area contributed by atoms with Gasteiger partial charge in [0.25, 0.3) is 0 Å². The van der Waals surface area contributed by atoms with E-state index in [2.05, 4.69) is 10.5 Å². The maximum absolute atomic E-state index is 5.88. The summed E-state index contributed by atoms with van der Waals surface area (Å²) in [6.07, 6.45) is 0.862. The lowest BCUT2D eigenvalue weighted by molar-refractivity contribution is 0.310. The van der Waals surface area contributed by atoms with E-state index >= 15 is 0 Å². The number of amidine groups is 1. The Balaban J connectivity index is 0.000000254. The van der Waals surface area contributed by atoms with Crippen LogP contribution in [0.3, 0.4) is 0 Å². The number of nitrogens with zero attached hydrogens (tertiary/aromatic N) is 2. The third-order valence-electron chi connectivity index (χ3n) is 3.40. The number of hydrogen-bond acceptors (Lipinski definition) is 5. The summed E-state index contributed by atoms with van der Waals surface area (Å²) in [5, 5.41) is 7.67. The zero-order valence-corrected chi connectivity index (χ0v) is 16.0. The second-order valence-electron chi connectivity index (χ2n) is 5.33. The first kappa shape index (κ1) is 21.5. The second kappa shape index (κ2) is 11.2. The molecule has 3 rings (SSSR count). The molecule has 8 heteroatoms. The number of benzene rings is 2. The van der Waals surface area contributed by atoms with E-state index in [1.807, 2.05) is 53.5 Å². The van der Waals surface area contributed by atoms with Crippen molar-refractivity contribution >= 4 is 41.4 Å². The molecule has 0 fully saturated rings. The standard InChI is InChI=1S/C10H12ClN3.C7H9ClN2.ClH/c11-9-3-1-2-8(6-9)7-14-5-4-10(12)13-14;8-7-4-2-1-3-6(7)5-10-9;/h1-3,6H,4-5,7H2,(H2,12,13);1-4,10H,5,9H2;1H. The number of nitrogens with one attached hydrogen (secondary N) is 1. The third-order valence-corrected chi connectivity index (χ3v) is 4.00. The van der Waals surface area contributed by atoms with Crippen molar-refractivity contribution < 1.29 is 0 Å². The molecule has 2 aromatic carbocycles. The highest BCUT2D eigenvalue weighted by Crippen LogP contribution is 2.15. The number of hydrazone groups is 1. The van der Waals surface area contributed by atoms with Crippen LogP contribution in [0.1, 0.15) is 17.5 Å². The third kappa shape index (κ3) is 7.50. The van der Waals surface area contributed by atoms with Crippen LogP contribution < -0.4 is 17.0 Å². The van der Waals surface area contributed by atoms with Crippen molar-refractivity contribution in [3.63, 3.8) is 0 Å². The first-order valence-corrected chi connectivity index (χ1v) is 8.33. The zero-order chi connectivity index (χ0) is 17.4. The second-order valence-corrected chi connectivity index (χ2v) is 6.18. The highest BCUT2D eigenvalue weighted by molar-refractivity contribution is 6.31. The molecular weight excluding hydrogens is 381 g/mol. The summed E-state index contributed by atoms with van der Waals surface area (Å²) in [7, 11) is 0. The van der Waals surface area contributed by atoms with Crippen LogP contribution in [0.5, 0.6) is 0 Å². The minimum absolute atomic E-state index is 0. The molecule has 5 N–H and O–H groups in total. The summed E-state index contributed by atoms with van der Waals surface area (Å²) >= 11 is 11.7. The van der Waals surface area contributed by atoms with E-state index in [1.165, 1.54) is 0 Å². The van der Waals surface area contributed by atoms with Gasteiger partial charge in [0, 0.05) is 29.6 Å². The molecule has 0 atom stereocenters. The van der Waals surface area contributed by atoms with E-state index in [0.29, 0.717) is 12.4 Å². The Bertz CT molecular complexity index is 693. The van der Waals surface area contributed by atoms with E-state index in [4.69, 9.17) is 34.8 Å². The fraction of sp³-hybridized carbons (Fsp3) is 0.235. The molecule has 1 heterocycles. The molecule has 25 heavy (non-hydrogen) atoms. The van der Waals surface area contributed by atoms with Crippen LogP contribution in [0.15, 0.2) is 53.6 Å². The lowest BCUT2D eigenvalue weighted by Gasteiger charge is -2.12. The molecule has 0 unspecified atom stereocenters. The van der Waals surface area contributed by atoms with E-state index < -0.39 is 0 Å². The monoisotopic (exact) mass is 401 g/mol. The molecule has 0 bridgehead atoms. The maximum atomic E-state index is 5.88. The highest BCUT2D eigenvalue weighted by Gasteiger charge is 2.11. The summed E-state index contributed by atoms with van der Waals surface area (Å²) in [5.41, 5.74) is 10.3. The topological polar surface area (TPSA) is 79.7 Å². The van der Waals surface area contributed by atoms with Crippen LogP contribution >= 0.6 is 35.6 Å². The van der Waals surface area contributed by atoms with E-state index in [9.17, 15) is 0 Å². The molecule has 0 saturated carbocycles. The van der Waals surface area contributed by atoms with Crippen molar-refractivity contribution in [1.82, 2.24) is 10.4 Å². The Morgan fingerprint density at radius 2 is 1.88 bits per heavy atom. The smallest absolute Gasteiger partial charge is 0.121 e. The zero-order valence-electron chi connectivity index (χ0n) is 13.7. The first-order chi connectivity index (χ1) is 11.6. The molecule has 2 aromatic rings. The predicted molar refractivity (Wildman–Crippen MR) is 108 cm³/mol. The number of rotatable bonds is 4. The molecule has 136 valence electrons. The first-order valence-electron chi connectivity index (χ1n) is 7.57. The normalized spacial score (nSPS) is 12.8. The Hall–Kier alpha value is -1.50. The van der Waals surface area contributed by atoms with Gasteiger partial charge < -0.3 is 5.73 Å². The van der Waals surface area contributed by atoms with Crippen LogP contribution in [-0.4, -0.2) is 17.4 Å². The van der Waals surface area contributed by atoms with Crippen molar-refractivity contribution in [2.45, 2.75) is 19.5 Å². The lowest BCUT2D eigenvalue weighted by atomic mass is 10.2. The molecule has 1 aliphatic heterocycles. The van der Waals surface area contributed by atoms with Gasteiger partial charge in [-0.3, -0.25) is 16.3 Å². The predicted octanol–water partition coefficient (Wildman–Crippen LogP) is 3.54. The van der Waals surface area contributed by atoms with Gasteiger partial charge in [0.15, 0.2) is 0 Å². The van der Waals surface area contributed by atoms with Crippen LogP contribution in [0.2, 0.25) is 10.0 Å². The highest BCUT2D eigenvalue weighted by atomic mass is 35.5. The number of hydrazine groups is 1. The van der Waals surface area contributed by atoms with Gasteiger partial charge in [0.1, 0.15) is 5.84 Å². The summed E-state index contributed by atoms with van der Waals surface area (Å²) in [4.78, 5) is 0. The van der Waals surface area contributed by atoms with Crippen molar-refractivity contribution in [3.8, 4) is 0 Å². The molecule has 5 nitrogen and oxygen atoms in total. The summed E-state index contributed by atoms with van der Waals surface area (Å²) in [6, 6.07) is 15.4. The molecule has 0 aliphatic carbocycles. The molecule has 0 amide bonds. The quantitative estimate of drug-likeness (QED) is 0.540. The molecule has 0 aromatic heterocycles. The van der Waals surface area contributed by atoms with Gasteiger partial charge in [-0.15, -0.1) is 12.4 Å². The van der Waals surface area contributed by atoms with Gasteiger partial charge in [-0.25, -0.2) is 0 Å². The van der Waals surface area contributed by atoms with Crippen LogP contribution in [0.4, 0.5) is 0 Å². The average molecular weight is 403 g/mol. The fourth-order valence-electron chi connectivity index (χ4n) is 2.24. The number of nitrogens with two attached hydrogens (primary N) is 2. The van der Waals surface area contributed by atoms with Crippen LogP contribution in [0.25, 0.3) is 0 Å². The van der Waals surface area contributed by atoms with Gasteiger partial charge in [-0.2, -0.15) is 5.10 Å². The Labute approximate surface area is 164 Å². The van der Waals surface area contributed by atoms with Crippen LogP contribution in [0, 0.1) is 0 Å². The maximum Gasteiger partial charge on any atom is 0.121 e. The number of hydrogen-bond donors (Lipinski definition) is 3. The Kier molecular flexibility index (Phi) is 9.63. The van der Waals surface area contributed by atoms with Gasteiger partial charge in [0.05, 0.1) is 6.54 Å². The Morgan fingerprint density at radius 1 is 1.12 bits per heavy atom. The SMILES string of the molecule is Cl.NC1=NN(Cc2cccc(Cl)c2)CC1.NNCc1ccccc1Cl. The fourth-order valence-corrected chi connectivity index (χ4v) is 2.65. The summed E-state index contributed by atoms with van der Waals surface area (Å²) < 4.78 is 0. The van der Waals surface area contributed by atoms with Crippen LogP contribution in [-0.2, 0) is 13.1 Å². The van der Waals surface area contributed by atoms with E-state index in [1.54, 1.807) is 0 Å². The number of halogens is 3. The molecular formula is C17H22Cl3N5. The van der Waals surface area contributed by atoms with Crippen molar-refractivity contribution in [2.75, 3.05) is 6.54 Å². The van der Waals surface area contributed by atoms with Gasteiger partial charge in [0.2, 0.25) is 0 Å². The molecule has 1 aliphatic rings. The molecule has 0 spiro atoms. The molecule has 0 saturated heterocycles. The summed E-state index contributed by atoms with van der Waals surface area (Å²) in [5.74, 6) is 5.84. The van der Waals surface area contributed by atoms with E-state index in [0.717, 1.165) is 40.7 Å². The van der Waals surface area contributed by atoms with E-state index in [-0.39, 0.29) is 12.4 Å². The largest absolute Gasteiger partial charge is 0.386 e. The van der Waals surface area contributed by atoms with Gasteiger partial charge in [-0.05, 0) is 29.3 Å².